The molecule has 1 N–H and O–H groups in total. The lowest BCUT2D eigenvalue weighted by atomic mass is 9.79. The molecule has 0 atom stereocenters. The maximum absolute atomic E-state index is 4.24. The van der Waals surface area contributed by atoms with Gasteiger partial charge in [-0.2, -0.15) is 0 Å². The number of H-pyrrole nitrogens is 1. The Balaban J connectivity index is 2.20. The molecule has 1 aromatic heterocycles. The summed E-state index contributed by atoms with van der Waals surface area (Å²) in [5.74, 6) is 0.750. The monoisotopic (exact) mass is 171 g/mol. The van der Waals surface area contributed by atoms with E-state index in [2.05, 4.69) is 34.5 Å². The number of benzene rings is 1. The SMILES string of the molecule is [c]1nc2c(C3CCC3)cccc2[nH]1. The lowest BCUT2D eigenvalue weighted by Gasteiger charge is -2.25. The standard InChI is InChI=1S/C11H11N2/c1-3-8(4-1)9-5-2-6-10-11(9)13-7-12-10/h2,5-6,8H,1,3-4H2,(H,12,13). The molecule has 0 unspecified atom stereocenters. The van der Waals surface area contributed by atoms with E-state index < -0.39 is 0 Å². The Morgan fingerprint density at radius 2 is 2.31 bits per heavy atom. The molecule has 0 saturated heterocycles. The third-order valence-electron chi connectivity index (χ3n) is 2.97. The molecule has 1 aliphatic carbocycles. The molecule has 0 spiro atoms. The van der Waals surface area contributed by atoms with Gasteiger partial charge in [0.1, 0.15) is 0 Å². The summed E-state index contributed by atoms with van der Waals surface area (Å²) in [5, 5.41) is 0. The summed E-state index contributed by atoms with van der Waals surface area (Å²) in [6.45, 7) is 0. The van der Waals surface area contributed by atoms with Gasteiger partial charge in [0.25, 0.3) is 0 Å². The molecule has 2 aromatic rings. The number of nitrogens with zero attached hydrogens (tertiary/aromatic N) is 1. The Hall–Kier alpha value is -1.31. The van der Waals surface area contributed by atoms with Gasteiger partial charge in [-0.15, -0.1) is 0 Å². The zero-order chi connectivity index (χ0) is 8.67. The number of aromatic amines is 1. The van der Waals surface area contributed by atoms with Crippen LogP contribution >= 0.6 is 0 Å². The van der Waals surface area contributed by atoms with Gasteiger partial charge >= 0.3 is 0 Å². The fourth-order valence-corrected chi connectivity index (χ4v) is 1.98. The second-order valence-electron chi connectivity index (χ2n) is 3.72. The fourth-order valence-electron chi connectivity index (χ4n) is 1.98. The summed E-state index contributed by atoms with van der Waals surface area (Å²) in [6, 6.07) is 6.35. The average molecular weight is 171 g/mol. The minimum Gasteiger partial charge on any atom is -0.335 e. The molecule has 65 valence electrons. The van der Waals surface area contributed by atoms with Crippen molar-refractivity contribution in [2.45, 2.75) is 25.2 Å². The molecular weight excluding hydrogens is 160 g/mol. The third kappa shape index (κ3) is 0.981. The van der Waals surface area contributed by atoms with Crippen LogP contribution in [0.15, 0.2) is 18.2 Å². The predicted octanol–water partition coefficient (Wildman–Crippen LogP) is 2.63. The quantitative estimate of drug-likeness (QED) is 0.702. The van der Waals surface area contributed by atoms with Crippen LogP contribution in [-0.2, 0) is 0 Å². The van der Waals surface area contributed by atoms with Crippen LogP contribution in [0, 0.1) is 6.33 Å². The van der Waals surface area contributed by atoms with Crippen LogP contribution in [0.1, 0.15) is 30.7 Å². The van der Waals surface area contributed by atoms with Crippen molar-refractivity contribution in [2.24, 2.45) is 0 Å². The van der Waals surface area contributed by atoms with Crippen molar-refractivity contribution < 1.29 is 0 Å². The van der Waals surface area contributed by atoms with Crippen LogP contribution in [0.4, 0.5) is 0 Å². The summed E-state index contributed by atoms with van der Waals surface area (Å²) in [5.41, 5.74) is 3.64. The van der Waals surface area contributed by atoms with E-state index in [0.717, 1.165) is 17.0 Å². The van der Waals surface area contributed by atoms with Crippen LogP contribution < -0.4 is 0 Å². The smallest absolute Gasteiger partial charge is 0.174 e. The van der Waals surface area contributed by atoms with E-state index in [1.165, 1.54) is 24.8 Å². The van der Waals surface area contributed by atoms with Crippen LogP contribution in [0.5, 0.6) is 0 Å². The van der Waals surface area contributed by atoms with Crippen molar-refractivity contribution in [3.63, 3.8) is 0 Å². The van der Waals surface area contributed by atoms with Gasteiger partial charge in [-0.3, -0.25) is 0 Å². The number of fused-ring (bicyclic) bond motifs is 1. The molecule has 2 heteroatoms. The molecule has 1 fully saturated rings. The Bertz CT molecular complexity index is 426. The Morgan fingerprint density at radius 1 is 1.38 bits per heavy atom. The van der Waals surface area contributed by atoms with Gasteiger partial charge in [0.05, 0.1) is 11.0 Å². The maximum atomic E-state index is 4.24. The average Bonchev–Trinajstić information content (AvgIpc) is 2.49. The Morgan fingerprint density at radius 3 is 3.08 bits per heavy atom. The van der Waals surface area contributed by atoms with E-state index in [-0.39, 0.29) is 0 Å². The first-order valence-electron chi connectivity index (χ1n) is 4.80. The molecule has 2 nitrogen and oxygen atoms in total. The van der Waals surface area contributed by atoms with Crippen LogP contribution in [0.25, 0.3) is 11.0 Å². The van der Waals surface area contributed by atoms with Crippen molar-refractivity contribution in [1.82, 2.24) is 9.97 Å². The van der Waals surface area contributed by atoms with Crippen molar-refractivity contribution in [3.05, 3.63) is 30.1 Å². The normalized spacial score (nSPS) is 17.5. The number of imidazole rings is 1. The molecule has 1 radical (unpaired) electrons. The van der Waals surface area contributed by atoms with E-state index in [9.17, 15) is 0 Å². The lowest BCUT2D eigenvalue weighted by Crippen LogP contribution is -2.08. The molecule has 1 saturated carbocycles. The molecule has 3 rings (SSSR count). The number of hydrogen-bond acceptors (Lipinski definition) is 1. The molecule has 0 amide bonds. The largest absolute Gasteiger partial charge is 0.335 e. The number of rotatable bonds is 1. The Labute approximate surface area is 77.0 Å². The maximum Gasteiger partial charge on any atom is 0.174 e. The second-order valence-corrected chi connectivity index (χ2v) is 3.72. The summed E-state index contributed by atoms with van der Waals surface area (Å²) in [7, 11) is 0. The van der Waals surface area contributed by atoms with Gasteiger partial charge in [-0.1, -0.05) is 18.6 Å². The second kappa shape index (κ2) is 2.59. The number of para-hydroxylation sites is 1. The summed E-state index contributed by atoms with van der Waals surface area (Å²) in [6.07, 6.45) is 6.83. The van der Waals surface area contributed by atoms with Gasteiger partial charge in [0.15, 0.2) is 6.33 Å². The molecule has 1 aromatic carbocycles. The van der Waals surface area contributed by atoms with E-state index >= 15 is 0 Å². The van der Waals surface area contributed by atoms with Gasteiger partial charge in [-0.25, -0.2) is 4.98 Å². The highest BCUT2D eigenvalue weighted by atomic mass is 14.9. The minimum atomic E-state index is 0.750. The van der Waals surface area contributed by atoms with E-state index in [4.69, 9.17) is 0 Å². The highest BCUT2D eigenvalue weighted by Crippen LogP contribution is 2.38. The topological polar surface area (TPSA) is 28.7 Å². The zero-order valence-corrected chi connectivity index (χ0v) is 7.38. The molecule has 1 heterocycles. The van der Waals surface area contributed by atoms with Crippen LogP contribution in [-0.4, -0.2) is 9.97 Å². The van der Waals surface area contributed by atoms with Gasteiger partial charge in [-0.05, 0) is 30.4 Å². The van der Waals surface area contributed by atoms with Crippen molar-refractivity contribution in [1.29, 1.82) is 0 Å². The van der Waals surface area contributed by atoms with Gasteiger partial charge in [0, 0.05) is 0 Å². The third-order valence-corrected chi connectivity index (χ3v) is 2.97. The van der Waals surface area contributed by atoms with Crippen molar-refractivity contribution in [3.8, 4) is 0 Å². The highest BCUT2D eigenvalue weighted by molar-refractivity contribution is 5.78. The first-order valence-corrected chi connectivity index (χ1v) is 4.80. The zero-order valence-electron chi connectivity index (χ0n) is 7.38. The van der Waals surface area contributed by atoms with Gasteiger partial charge < -0.3 is 4.98 Å². The molecular formula is C11H11N2. The number of aromatic nitrogens is 2. The van der Waals surface area contributed by atoms with Crippen LogP contribution in [0.2, 0.25) is 0 Å². The predicted molar refractivity (Wildman–Crippen MR) is 51.5 cm³/mol. The fraction of sp³-hybridized carbons (Fsp3) is 0.364. The van der Waals surface area contributed by atoms with E-state index in [0.29, 0.717) is 0 Å². The molecule has 0 bridgehead atoms. The number of hydrogen-bond donors (Lipinski definition) is 1. The summed E-state index contributed by atoms with van der Waals surface area (Å²) >= 11 is 0. The number of nitrogens with one attached hydrogen (secondary N) is 1. The molecule has 0 aliphatic heterocycles. The molecule has 13 heavy (non-hydrogen) atoms. The van der Waals surface area contributed by atoms with Crippen molar-refractivity contribution >= 4 is 11.0 Å². The van der Waals surface area contributed by atoms with E-state index in [1.807, 2.05) is 0 Å². The lowest BCUT2D eigenvalue weighted by molar-refractivity contribution is 0.422. The Kier molecular flexibility index (Phi) is 1.42. The highest BCUT2D eigenvalue weighted by Gasteiger charge is 2.21. The first kappa shape index (κ1) is 7.13. The first-order chi connectivity index (χ1) is 6.45. The van der Waals surface area contributed by atoms with Crippen LogP contribution in [0.3, 0.4) is 0 Å². The summed E-state index contributed by atoms with van der Waals surface area (Å²) < 4.78 is 0. The minimum absolute atomic E-state index is 0.750. The van der Waals surface area contributed by atoms with Crippen molar-refractivity contribution in [2.75, 3.05) is 0 Å². The summed E-state index contributed by atoms with van der Waals surface area (Å²) in [4.78, 5) is 7.27. The van der Waals surface area contributed by atoms with E-state index in [1.54, 1.807) is 0 Å². The van der Waals surface area contributed by atoms with Gasteiger partial charge in [0.2, 0.25) is 0 Å². The molecule has 1 aliphatic rings.